The summed E-state index contributed by atoms with van der Waals surface area (Å²) in [6.07, 6.45) is 1.52. The summed E-state index contributed by atoms with van der Waals surface area (Å²) < 4.78 is 10.9. The van der Waals surface area contributed by atoms with Gasteiger partial charge in [-0.05, 0) is 36.4 Å². The van der Waals surface area contributed by atoms with Crippen molar-refractivity contribution in [2.45, 2.75) is 6.54 Å². The van der Waals surface area contributed by atoms with E-state index in [4.69, 9.17) is 8.83 Å². The van der Waals surface area contributed by atoms with Gasteiger partial charge in [-0.3, -0.25) is 9.59 Å². The molecule has 0 atom stereocenters. The first kappa shape index (κ1) is 15.0. The van der Waals surface area contributed by atoms with E-state index in [1.807, 2.05) is 30.3 Å². The quantitative estimate of drug-likeness (QED) is 0.599. The number of hydrogen-bond acceptors (Lipinski definition) is 4. The van der Waals surface area contributed by atoms with Gasteiger partial charge in [0.1, 0.15) is 22.7 Å². The highest BCUT2D eigenvalue weighted by molar-refractivity contribution is 5.94. The van der Waals surface area contributed by atoms with Crippen molar-refractivity contribution in [1.29, 1.82) is 0 Å². The Kier molecular flexibility index (Phi) is 3.70. The molecule has 3 aromatic heterocycles. The molecular weight excluding hydrogens is 320 g/mol. The summed E-state index contributed by atoms with van der Waals surface area (Å²) in [6, 6.07) is 16.0. The van der Waals surface area contributed by atoms with Crippen molar-refractivity contribution in [3.8, 4) is 11.5 Å². The van der Waals surface area contributed by atoms with Crippen molar-refractivity contribution in [3.05, 3.63) is 82.5 Å². The van der Waals surface area contributed by atoms with Crippen LogP contribution in [0.4, 0.5) is 0 Å². The Morgan fingerprint density at radius 2 is 1.96 bits per heavy atom. The second-order valence-corrected chi connectivity index (χ2v) is 5.53. The maximum atomic E-state index is 12.3. The average molecular weight is 334 g/mol. The Morgan fingerprint density at radius 1 is 1.08 bits per heavy atom. The number of aromatic amines is 1. The number of para-hydroxylation sites is 1. The van der Waals surface area contributed by atoms with Crippen LogP contribution in [-0.4, -0.2) is 10.9 Å². The number of nitrogens with one attached hydrogen (secondary N) is 2. The molecule has 1 amide bonds. The molecular formula is C19H14N2O4. The van der Waals surface area contributed by atoms with Crippen LogP contribution in [0.1, 0.15) is 16.1 Å². The van der Waals surface area contributed by atoms with Crippen LogP contribution in [0, 0.1) is 0 Å². The molecule has 0 aliphatic rings. The number of hydrogen-bond donors (Lipinski definition) is 2. The molecule has 1 aromatic carbocycles. The highest BCUT2D eigenvalue weighted by atomic mass is 16.3. The van der Waals surface area contributed by atoms with Crippen LogP contribution in [0.2, 0.25) is 0 Å². The number of aromatic nitrogens is 1. The van der Waals surface area contributed by atoms with Crippen molar-refractivity contribution in [1.82, 2.24) is 10.3 Å². The highest BCUT2D eigenvalue weighted by Gasteiger charge is 2.13. The van der Waals surface area contributed by atoms with E-state index in [1.165, 1.54) is 12.3 Å². The molecule has 3 heterocycles. The second-order valence-electron chi connectivity index (χ2n) is 5.53. The first-order valence-electron chi connectivity index (χ1n) is 7.73. The van der Waals surface area contributed by atoms with E-state index in [9.17, 15) is 9.59 Å². The summed E-state index contributed by atoms with van der Waals surface area (Å²) in [6.45, 7) is 0.201. The normalized spacial score (nSPS) is 10.9. The Labute approximate surface area is 142 Å². The number of fused-ring (bicyclic) bond motifs is 1. The number of amides is 1. The van der Waals surface area contributed by atoms with Gasteiger partial charge >= 0.3 is 0 Å². The van der Waals surface area contributed by atoms with Gasteiger partial charge in [0.15, 0.2) is 0 Å². The molecule has 6 nitrogen and oxygen atoms in total. The lowest BCUT2D eigenvalue weighted by Gasteiger charge is -2.03. The maximum Gasteiger partial charge on any atom is 0.261 e. The largest absolute Gasteiger partial charge is 0.463 e. The Morgan fingerprint density at radius 3 is 2.72 bits per heavy atom. The van der Waals surface area contributed by atoms with Gasteiger partial charge in [0.25, 0.3) is 11.5 Å². The molecule has 124 valence electrons. The van der Waals surface area contributed by atoms with Gasteiger partial charge in [-0.15, -0.1) is 0 Å². The molecule has 6 heteroatoms. The molecule has 2 N–H and O–H groups in total. The highest BCUT2D eigenvalue weighted by Crippen LogP contribution is 2.19. The number of carbonyl (C=O) groups is 1. The van der Waals surface area contributed by atoms with Crippen LogP contribution in [0.3, 0.4) is 0 Å². The first-order valence-corrected chi connectivity index (χ1v) is 7.73. The van der Waals surface area contributed by atoms with E-state index in [1.54, 1.807) is 18.2 Å². The summed E-state index contributed by atoms with van der Waals surface area (Å²) in [5.41, 5.74) is 0.832. The molecule has 0 spiro atoms. The standard InChI is InChI=1S/C19H14N2O4/c22-18(20-11-13-10-12-4-1-2-5-16(12)25-13)14-7-8-15(21-19(14)23)17-6-3-9-24-17/h1-10H,11H2,(H,20,22)(H,21,23). The lowest BCUT2D eigenvalue weighted by molar-refractivity contribution is 0.0946. The van der Waals surface area contributed by atoms with Crippen molar-refractivity contribution >= 4 is 16.9 Å². The summed E-state index contributed by atoms with van der Waals surface area (Å²) >= 11 is 0. The van der Waals surface area contributed by atoms with E-state index in [2.05, 4.69) is 10.3 Å². The monoisotopic (exact) mass is 334 g/mol. The number of rotatable bonds is 4. The summed E-state index contributed by atoms with van der Waals surface area (Å²) in [5, 5.41) is 3.66. The van der Waals surface area contributed by atoms with Gasteiger partial charge in [0.2, 0.25) is 0 Å². The van der Waals surface area contributed by atoms with Gasteiger partial charge in [-0.1, -0.05) is 18.2 Å². The summed E-state index contributed by atoms with van der Waals surface area (Å²) in [4.78, 5) is 27.0. The number of furan rings is 2. The predicted molar refractivity (Wildman–Crippen MR) is 92.1 cm³/mol. The van der Waals surface area contributed by atoms with E-state index < -0.39 is 11.5 Å². The third-order valence-corrected chi connectivity index (χ3v) is 3.84. The Bertz CT molecular complexity index is 1060. The number of benzene rings is 1. The third-order valence-electron chi connectivity index (χ3n) is 3.84. The van der Waals surface area contributed by atoms with Crippen LogP contribution < -0.4 is 10.9 Å². The fourth-order valence-electron chi connectivity index (χ4n) is 2.61. The van der Waals surface area contributed by atoms with E-state index in [-0.39, 0.29) is 12.1 Å². The minimum Gasteiger partial charge on any atom is -0.463 e. The molecule has 0 unspecified atom stereocenters. The number of pyridine rings is 1. The lowest BCUT2D eigenvalue weighted by Crippen LogP contribution is -2.29. The van der Waals surface area contributed by atoms with Crippen LogP contribution in [-0.2, 0) is 6.54 Å². The summed E-state index contributed by atoms with van der Waals surface area (Å²) in [7, 11) is 0. The molecule has 0 aliphatic carbocycles. The molecule has 4 aromatic rings. The molecule has 0 aliphatic heterocycles. The zero-order valence-corrected chi connectivity index (χ0v) is 13.1. The lowest BCUT2D eigenvalue weighted by atomic mass is 10.2. The van der Waals surface area contributed by atoms with Crippen molar-refractivity contribution < 1.29 is 13.6 Å². The van der Waals surface area contributed by atoms with E-state index in [0.29, 0.717) is 17.2 Å². The van der Waals surface area contributed by atoms with Gasteiger partial charge < -0.3 is 19.1 Å². The van der Waals surface area contributed by atoms with Gasteiger partial charge in [0, 0.05) is 5.39 Å². The fourth-order valence-corrected chi connectivity index (χ4v) is 2.61. The molecule has 0 saturated heterocycles. The first-order chi connectivity index (χ1) is 12.2. The van der Waals surface area contributed by atoms with E-state index >= 15 is 0 Å². The molecule has 4 rings (SSSR count). The molecule has 25 heavy (non-hydrogen) atoms. The van der Waals surface area contributed by atoms with Gasteiger partial charge in [0.05, 0.1) is 18.5 Å². The topological polar surface area (TPSA) is 88.2 Å². The molecule has 0 saturated carbocycles. The number of carbonyl (C=O) groups excluding carboxylic acids is 1. The Hall–Kier alpha value is -3.54. The van der Waals surface area contributed by atoms with Crippen LogP contribution >= 0.6 is 0 Å². The minimum atomic E-state index is -0.476. The molecule has 0 radical (unpaired) electrons. The maximum absolute atomic E-state index is 12.3. The second kappa shape index (κ2) is 6.16. The minimum absolute atomic E-state index is 0.0337. The summed E-state index contributed by atoms with van der Waals surface area (Å²) in [5.74, 6) is 0.692. The fraction of sp³-hybridized carbons (Fsp3) is 0.0526. The Balaban J connectivity index is 1.50. The van der Waals surface area contributed by atoms with Gasteiger partial charge in [-0.25, -0.2) is 0 Å². The van der Waals surface area contributed by atoms with Crippen molar-refractivity contribution in [2.24, 2.45) is 0 Å². The van der Waals surface area contributed by atoms with Crippen LogP contribution in [0.15, 0.2) is 74.5 Å². The van der Waals surface area contributed by atoms with Crippen LogP contribution in [0.5, 0.6) is 0 Å². The smallest absolute Gasteiger partial charge is 0.261 e. The van der Waals surface area contributed by atoms with Crippen molar-refractivity contribution in [2.75, 3.05) is 0 Å². The van der Waals surface area contributed by atoms with Crippen molar-refractivity contribution in [3.63, 3.8) is 0 Å². The molecule has 0 bridgehead atoms. The van der Waals surface area contributed by atoms with Gasteiger partial charge in [-0.2, -0.15) is 0 Å². The number of H-pyrrole nitrogens is 1. The zero-order valence-electron chi connectivity index (χ0n) is 13.1. The van der Waals surface area contributed by atoms with E-state index in [0.717, 1.165) is 11.0 Å². The zero-order chi connectivity index (χ0) is 17.2. The molecule has 0 fully saturated rings. The average Bonchev–Trinajstić information content (AvgIpc) is 3.28. The third kappa shape index (κ3) is 2.97. The predicted octanol–water partition coefficient (Wildman–Crippen LogP) is 3.31. The van der Waals surface area contributed by atoms with Crippen LogP contribution in [0.25, 0.3) is 22.4 Å². The SMILES string of the molecule is O=C(NCc1cc2ccccc2o1)c1ccc(-c2ccco2)[nH]c1=O.